The number of hydrogen-bond donors (Lipinski definition) is 1. The summed E-state index contributed by atoms with van der Waals surface area (Å²) in [7, 11) is 0. The van der Waals surface area contributed by atoms with Crippen LogP contribution in [-0.4, -0.2) is 46.9 Å². The number of H-pyrrole nitrogens is 1. The number of carbonyl (C=O) groups excluding carboxylic acids is 1. The van der Waals surface area contributed by atoms with Gasteiger partial charge in [0.1, 0.15) is 0 Å². The lowest BCUT2D eigenvalue weighted by Gasteiger charge is -2.38. The Morgan fingerprint density at radius 2 is 1.95 bits per heavy atom. The monoisotopic (exact) mass is 275 g/mol. The van der Waals surface area contributed by atoms with Gasteiger partial charge in [-0.1, -0.05) is 12.5 Å². The third kappa shape index (κ3) is 2.93. The van der Waals surface area contributed by atoms with E-state index >= 15 is 0 Å². The van der Waals surface area contributed by atoms with Crippen LogP contribution >= 0.6 is 0 Å². The van der Waals surface area contributed by atoms with Gasteiger partial charge in [0.25, 0.3) is 0 Å². The molecule has 1 N–H and O–H groups in total. The summed E-state index contributed by atoms with van der Waals surface area (Å²) in [5.41, 5.74) is 1.05. The molecule has 1 aliphatic carbocycles. The van der Waals surface area contributed by atoms with Gasteiger partial charge in [-0.25, -0.2) is 0 Å². The highest BCUT2D eigenvalue weighted by molar-refractivity contribution is 5.79. The standard InChI is InChI=1S/C15H21N3O2/c19-14-5-4-12(10-16-14)11-17-6-8-18(9-7-17)15(20)13-2-1-3-13/h4-5,10,13H,1-3,6-9,11H2,(H,16,19). The summed E-state index contributed by atoms with van der Waals surface area (Å²) in [6.07, 6.45) is 5.14. The molecule has 1 saturated carbocycles. The minimum atomic E-state index is -0.0651. The van der Waals surface area contributed by atoms with Gasteiger partial charge in [0.2, 0.25) is 11.5 Å². The zero-order valence-electron chi connectivity index (χ0n) is 11.7. The van der Waals surface area contributed by atoms with Crippen LogP contribution in [0.2, 0.25) is 0 Å². The van der Waals surface area contributed by atoms with Crippen molar-refractivity contribution in [3.05, 3.63) is 34.2 Å². The van der Waals surface area contributed by atoms with Crippen molar-refractivity contribution >= 4 is 5.91 Å². The summed E-state index contributed by atoms with van der Waals surface area (Å²) >= 11 is 0. The Bertz CT molecular complexity index is 508. The van der Waals surface area contributed by atoms with Crippen LogP contribution in [0, 0.1) is 5.92 Å². The van der Waals surface area contributed by atoms with Crippen LogP contribution in [0.15, 0.2) is 23.1 Å². The Kier molecular flexibility index (Phi) is 3.87. The lowest BCUT2D eigenvalue weighted by molar-refractivity contribution is -0.140. The Balaban J connectivity index is 1.49. The molecule has 2 heterocycles. The van der Waals surface area contributed by atoms with E-state index in [1.165, 1.54) is 6.42 Å². The van der Waals surface area contributed by atoms with E-state index in [1.54, 1.807) is 12.3 Å². The summed E-state index contributed by atoms with van der Waals surface area (Å²) in [5, 5.41) is 0. The average Bonchev–Trinajstić information content (AvgIpc) is 2.40. The second-order valence-corrected chi connectivity index (χ2v) is 5.79. The number of aromatic nitrogens is 1. The molecule has 1 aromatic heterocycles. The van der Waals surface area contributed by atoms with Crippen molar-refractivity contribution in [1.82, 2.24) is 14.8 Å². The van der Waals surface area contributed by atoms with Crippen molar-refractivity contribution in [3.63, 3.8) is 0 Å². The number of pyridine rings is 1. The van der Waals surface area contributed by atoms with E-state index in [9.17, 15) is 9.59 Å². The quantitative estimate of drug-likeness (QED) is 0.888. The zero-order chi connectivity index (χ0) is 13.9. The molecule has 3 rings (SSSR count). The van der Waals surface area contributed by atoms with E-state index in [0.717, 1.165) is 51.1 Å². The lowest BCUT2D eigenvalue weighted by atomic mass is 9.84. The van der Waals surface area contributed by atoms with Gasteiger partial charge in [-0.2, -0.15) is 0 Å². The normalized spacial score (nSPS) is 20.7. The molecule has 0 atom stereocenters. The van der Waals surface area contributed by atoms with E-state index in [0.29, 0.717) is 11.8 Å². The second-order valence-electron chi connectivity index (χ2n) is 5.79. The van der Waals surface area contributed by atoms with E-state index in [2.05, 4.69) is 9.88 Å². The van der Waals surface area contributed by atoms with Gasteiger partial charge in [0, 0.05) is 50.9 Å². The van der Waals surface area contributed by atoms with Crippen LogP contribution in [0.1, 0.15) is 24.8 Å². The maximum Gasteiger partial charge on any atom is 0.247 e. The van der Waals surface area contributed by atoms with Gasteiger partial charge in [0.05, 0.1) is 0 Å². The highest BCUT2D eigenvalue weighted by atomic mass is 16.2. The highest BCUT2D eigenvalue weighted by Gasteiger charge is 2.31. The molecule has 0 bridgehead atoms. The van der Waals surface area contributed by atoms with Crippen LogP contribution in [0.5, 0.6) is 0 Å². The summed E-state index contributed by atoms with van der Waals surface area (Å²) in [4.78, 5) is 30.2. The number of nitrogens with one attached hydrogen (secondary N) is 1. The SMILES string of the molecule is O=C(C1CCC1)N1CCN(Cc2ccc(=O)[nH]c2)CC1. The predicted molar refractivity (Wildman–Crippen MR) is 76.3 cm³/mol. The molecule has 1 aromatic rings. The molecule has 1 aliphatic heterocycles. The highest BCUT2D eigenvalue weighted by Crippen LogP contribution is 2.28. The largest absolute Gasteiger partial charge is 0.340 e. The van der Waals surface area contributed by atoms with Gasteiger partial charge >= 0.3 is 0 Å². The molecule has 0 unspecified atom stereocenters. The minimum Gasteiger partial charge on any atom is -0.340 e. The smallest absolute Gasteiger partial charge is 0.247 e. The number of aromatic amines is 1. The van der Waals surface area contributed by atoms with Crippen molar-refractivity contribution in [2.45, 2.75) is 25.8 Å². The van der Waals surface area contributed by atoms with E-state index in [4.69, 9.17) is 0 Å². The molecule has 5 nitrogen and oxygen atoms in total. The number of amides is 1. The van der Waals surface area contributed by atoms with Crippen molar-refractivity contribution in [2.75, 3.05) is 26.2 Å². The first-order chi connectivity index (χ1) is 9.72. The Morgan fingerprint density at radius 1 is 1.20 bits per heavy atom. The number of nitrogens with zero attached hydrogens (tertiary/aromatic N) is 2. The van der Waals surface area contributed by atoms with Gasteiger partial charge < -0.3 is 9.88 Å². The second kappa shape index (κ2) is 5.79. The summed E-state index contributed by atoms with van der Waals surface area (Å²) < 4.78 is 0. The average molecular weight is 275 g/mol. The van der Waals surface area contributed by atoms with Gasteiger partial charge in [-0.05, 0) is 18.4 Å². The molecule has 2 fully saturated rings. The van der Waals surface area contributed by atoms with Crippen molar-refractivity contribution < 1.29 is 4.79 Å². The maximum absolute atomic E-state index is 12.2. The number of rotatable bonds is 3. The van der Waals surface area contributed by atoms with E-state index in [-0.39, 0.29) is 5.56 Å². The molecular weight excluding hydrogens is 254 g/mol. The third-order valence-electron chi connectivity index (χ3n) is 4.39. The first kappa shape index (κ1) is 13.4. The molecule has 0 radical (unpaired) electrons. The number of carbonyl (C=O) groups is 1. The van der Waals surface area contributed by atoms with Crippen molar-refractivity contribution in [1.29, 1.82) is 0 Å². The molecular formula is C15H21N3O2. The van der Waals surface area contributed by atoms with E-state index < -0.39 is 0 Å². The van der Waals surface area contributed by atoms with Gasteiger partial charge in [-0.3, -0.25) is 14.5 Å². The van der Waals surface area contributed by atoms with Crippen molar-refractivity contribution in [3.8, 4) is 0 Å². The number of hydrogen-bond acceptors (Lipinski definition) is 3. The third-order valence-corrected chi connectivity index (χ3v) is 4.39. The van der Waals surface area contributed by atoms with Gasteiger partial charge in [0.15, 0.2) is 0 Å². The Morgan fingerprint density at radius 3 is 2.50 bits per heavy atom. The summed E-state index contributed by atoms with van der Waals surface area (Å²) in [6, 6.07) is 3.43. The lowest BCUT2D eigenvalue weighted by Crippen LogP contribution is -2.50. The Hall–Kier alpha value is -1.62. The van der Waals surface area contributed by atoms with Gasteiger partial charge in [-0.15, -0.1) is 0 Å². The topological polar surface area (TPSA) is 56.4 Å². The van der Waals surface area contributed by atoms with Crippen LogP contribution in [0.3, 0.4) is 0 Å². The van der Waals surface area contributed by atoms with Crippen LogP contribution in [0.25, 0.3) is 0 Å². The van der Waals surface area contributed by atoms with E-state index in [1.807, 2.05) is 11.0 Å². The maximum atomic E-state index is 12.2. The molecule has 108 valence electrons. The fourth-order valence-electron chi connectivity index (χ4n) is 2.84. The van der Waals surface area contributed by atoms with Crippen molar-refractivity contribution in [2.24, 2.45) is 5.92 Å². The molecule has 0 spiro atoms. The number of piperazine rings is 1. The Labute approximate surface area is 118 Å². The fourth-order valence-corrected chi connectivity index (χ4v) is 2.84. The molecule has 2 aliphatic rings. The molecule has 1 saturated heterocycles. The zero-order valence-corrected chi connectivity index (χ0v) is 11.7. The summed E-state index contributed by atoms with van der Waals surface area (Å²) in [5.74, 6) is 0.667. The minimum absolute atomic E-state index is 0.0651. The van der Waals surface area contributed by atoms with Crippen LogP contribution in [0.4, 0.5) is 0 Å². The first-order valence-corrected chi connectivity index (χ1v) is 7.41. The molecule has 5 heteroatoms. The summed E-state index contributed by atoms with van der Waals surface area (Å²) in [6.45, 7) is 4.33. The van der Waals surface area contributed by atoms with Crippen LogP contribution in [-0.2, 0) is 11.3 Å². The molecule has 0 aromatic carbocycles. The fraction of sp³-hybridized carbons (Fsp3) is 0.600. The molecule has 20 heavy (non-hydrogen) atoms. The molecule has 1 amide bonds. The van der Waals surface area contributed by atoms with Crippen LogP contribution < -0.4 is 5.56 Å². The predicted octanol–water partition coefficient (Wildman–Crippen LogP) is 0.819. The first-order valence-electron chi connectivity index (χ1n) is 7.41.